The maximum atomic E-state index is 5.71. The number of hydrogen-bond acceptors (Lipinski definition) is 0. The molecule has 0 amide bonds. The Morgan fingerprint density at radius 2 is 0.765 bits per heavy atom. The second-order valence-corrected chi connectivity index (χ2v) is 23.9. The molecule has 5 aromatic rings. The van der Waals surface area contributed by atoms with Gasteiger partial charge in [-0.1, -0.05) is 234 Å². The van der Waals surface area contributed by atoms with Crippen molar-refractivity contribution in [3.8, 4) is 11.1 Å². The van der Waals surface area contributed by atoms with Crippen LogP contribution in [0.1, 0.15) is 166 Å². The summed E-state index contributed by atoms with van der Waals surface area (Å²) in [5.74, 6) is 1.98. The molecule has 0 nitrogen and oxygen atoms in total. The monoisotopic (exact) mass is 1560 g/mol. The summed E-state index contributed by atoms with van der Waals surface area (Å²) in [4.78, 5) is 0. The van der Waals surface area contributed by atoms with Gasteiger partial charge in [0.05, 0.1) is 0 Å². The SMILES string of the molecule is Brc1cc(CCCCCCI)c(Br)cc1CCCCCCI.C.ClCCCCCCc1cc(Br)c(CCCCCCCl)cc1Br.[I-].[Na+].c1ccc2c(c1)-c1ccccc1C2c1ccc2c(c1)CC2. The van der Waals surface area contributed by atoms with Crippen LogP contribution in [0.2, 0.25) is 0 Å². The van der Waals surface area contributed by atoms with Crippen LogP contribution < -0.4 is 53.5 Å². The summed E-state index contributed by atoms with van der Waals surface area (Å²) in [7, 11) is 0. The molecule has 2 aliphatic rings. The second-order valence-electron chi connectivity index (χ2n) is 17.6. The van der Waals surface area contributed by atoms with Crippen LogP contribution in [0.5, 0.6) is 0 Å². The van der Waals surface area contributed by atoms with E-state index in [-0.39, 0.29) is 61.0 Å². The van der Waals surface area contributed by atoms with Crippen molar-refractivity contribution in [2.45, 2.75) is 155 Å². The second kappa shape index (κ2) is 38.4. The Labute approximate surface area is 523 Å². The third-order valence-electron chi connectivity index (χ3n) is 12.8. The summed E-state index contributed by atoms with van der Waals surface area (Å²) in [5, 5.41) is 0. The standard InChI is InChI=1S/C21H16.C18H26Br2Cl2.C18H26Br2I2.CH4.HI.Na/c1-3-7-19-17(5-1)18-6-2-4-8-20(18)21(19)16-12-10-14-9-11-15(14)13-16;2*19-17-14-16(10-6-2-4-8-12-22)18(20)13-15(17)9-5-1-3-7-11-21;;;/h1-8,10,12-13,21H,9,11H2;2*13-14H,1-12H2;1H4;1H;/q;;;;;+1/p-1. The fraction of sp³-hybridized carbons (Fsp3) is 0.483. The number of aryl methyl sites for hydroxylation is 6. The van der Waals surface area contributed by atoms with Gasteiger partial charge in [-0.05, 0) is 184 Å². The molecular formula is C58H72Br4Cl2I3Na. The molecule has 0 N–H and O–H groups in total. The number of hydrogen-bond donors (Lipinski definition) is 0. The van der Waals surface area contributed by atoms with E-state index in [0.29, 0.717) is 5.92 Å². The molecule has 68 heavy (non-hydrogen) atoms. The van der Waals surface area contributed by atoms with Crippen molar-refractivity contribution in [3.05, 3.63) is 159 Å². The zero-order chi connectivity index (χ0) is 46.2. The summed E-state index contributed by atoms with van der Waals surface area (Å²) in [6, 6.07) is 34.1. The van der Waals surface area contributed by atoms with Crippen molar-refractivity contribution >= 4 is 132 Å². The first-order chi connectivity index (χ1) is 31.8. The van der Waals surface area contributed by atoms with E-state index in [4.69, 9.17) is 23.2 Å². The number of halogens is 9. The van der Waals surface area contributed by atoms with E-state index in [1.165, 1.54) is 192 Å². The van der Waals surface area contributed by atoms with Gasteiger partial charge in [-0.2, -0.15) is 0 Å². The molecular weight excluding hydrogens is 1490 g/mol. The Morgan fingerprint density at radius 1 is 0.426 bits per heavy atom. The van der Waals surface area contributed by atoms with E-state index in [1.807, 2.05) is 0 Å². The van der Waals surface area contributed by atoms with Crippen LogP contribution in [0.4, 0.5) is 0 Å². The van der Waals surface area contributed by atoms with Gasteiger partial charge in [0, 0.05) is 35.6 Å². The van der Waals surface area contributed by atoms with E-state index in [0.717, 1.165) is 37.4 Å². The molecule has 0 heterocycles. The molecule has 2 aliphatic carbocycles. The van der Waals surface area contributed by atoms with Crippen molar-refractivity contribution in [1.29, 1.82) is 0 Å². The van der Waals surface area contributed by atoms with Gasteiger partial charge in [0.1, 0.15) is 0 Å². The predicted molar refractivity (Wildman–Crippen MR) is 325 cm³/mol. The molecule has 0 saturated heterocycles. The molecule has 0 radical (unpaired) electrons. The average molecular weight is 1560 g/mol. The van der Waals surface area contributed by atoms with Crippen molar-refractivity contribution in [2.75, 3.05) is 20.6 Å². The molecule has 0 bridgehead atoms. The maximum absolute atomic E-state index is 5.71. The van der Waals surface area contributed by atoms with E-state index in [2.05, 4.69) is 200 Å². The van der Waals surface area contributed by atoms with Crippen LogP contribution in [0.15, 0.2) is 109 Å². The number of fused-ring (bicyclic) bond motifs is 4. The summed E-state index contributed by atoms with van der Waals surface area (Å²) in [5.41, 5.74) is 16.0. The van der Waals surface area contributed by atoms with Crippen LogP contribution >= 0.6 is 132 Å². The van der Waals surface area contributed by atoms with Gasteiger partial charge in [-0.25, -0.2) is 0 Å². The zero-order valence-corrected chi connectivity index (χ0v) is 55.9. The average Bonchev–Trinajstić information content (AvgIpc) is 3.64. The molecule has 0 spiro atoms. The van der Waals surface area contributed by atoms with Crippen molar-refractivity contribution < 1.29 is 53.5 Å². The van der Waals surface area contributed by atoms with Crippen molar-refractivity contribution in [3.63, 3.8) is 0 Å². The first-order valence-corrected chi connectivity index (χ1v) is 31.6. The molecule has 10 heteroatoms. The predicted octanol–water partition coefficient (Wildman–Crippen LogP) is 15.8. The fourth-order valence-electron chi connectivity index (χ4n) is 8.99. The topological polar surface area (TPSA) is 0 Å². The van der Waals surface area contributed by atoms with Gasteiger partial charge in [0.15, 0.2) is 0 Å². The van der Waals surface area contributed by atoms with Crippen LogP contribution in [-0.4, -0.2) is 20.6 Å². The van der Waals surface area contributed by atoms with E-state index < -0.39 is 0 Å². The van der Waals surface area contributed by atoms with Crippen LogP contribution in [0.25, 0.3) is 11.1 Å². The Bertz CT molecular complexity index is 1980. The Hall–Kier alpha value is 1.79. The van der Waals surface area contributed by atoms with E-state index in [1.54, 1.807) is 11.1 Å². The molecule has 0 aliphatic heterocycles. The number of unbranched alkanes of at least 4 members (excludes halogenated alkanes) is 12. The van der Waals surface area contributed by atoms with Crippen LogP contribution in [0.3, 0.4) is 0 Å². The number of rotatable bonds is 25. The molecule has 0 fully saturated rings. The third kappa shape index (κ3) is 21.8. The first kappa shape index (κ1) is 65.9. The van der Waals surface area contributed by atoms with Gasteiger partial charge >= 0.3 is 29.6 Å². The van der Waals surface area contributed by atoms with Crippen LogP contribution in [-0.2, 0) is 38.5 Å². The summed E-state index contributed by atoms with van der Waals surface area (Å²) in [6.07, 6.45) is 27.7. The molecule has 368 valence electrons. The summed E-state index contributed by atoms with van der Waals surface area (Å²) >= 11 is 31.4. The molecule has 5 aromatic carbocycles. The van der Waals surface area contributed by atoms with Gasteiger partial charge in [0.25, 0.3) is 0 Å². The third-order valence-corrected chi connectivity index (χ3v) is 17.8. The van der Waals surface area contributed by atoms with E-state index in [9.17, 15) is 0 Å². The minimum Gasteiger partial charge on any atom is -1.00 e. The van der Waals surface area contributed by atoms with Gasteiger partial charge in [-0.3, -0.25) is 0 Å². The summed E-state index contributed by atoms with van der Waals surface area (Å²) in [6.45, 7) is 0. The molecule has 0 saturated carbocycles. The number of benzene rings is 5. The normalized spacial score (nSPS) is 11.8. The Morgan fingerprint density at radius 3 is 1.09 bits per heavy atom. The molecule has 7 rings (SSSR count). The number of alkyl halides is 4. The largest absolute Gasteiger partial charge is 1.00 e. The molecule has 0 unspecified atom stereocenters. The minimum absolute atomic E-state index is 0. The van der Waals surface area contributed by atoms with Gasteiger partial charge in [0.2, 0.25) is 0 Å². The smallest absolute Gasteiger partial charge is 1.00 e. The van der Waals surface area contributed by atoms with E-state index >= 15 is 0 Å². The maximum Gasteiger partial charge on any atom is 1.00 e. The zero-order valence-electron chi connectivity index (χ0n) is 39.5. The fourth-order valence-corrected chi connectivity index (χ4v) is 12.8. The van der Waals surface area contributed by atoms with Gasteiger partial charge < -0.3 is 24.0 Å². The van der Waals surface area contributed by atoms with Gasteiger partial charge in [-0.15, -0.1) is 23.2 Å². The van der Waals surface area contributed by atoms with Crippen molar-refractivity contribution in [2.24, 2.45) is 0 Å². The van der Waals surface area contributed by atoms with Crippen molar-refractivity contribution in [1.82, 2.24) is 0 Å². The van der Waals surface area contributed by atoms with Crippen LogP contribution in [0, 0.1) is 0 Å². The summed E-state index contributed by atoms with van der Waals surface area (Å²) < 4.78 is 7.69. The molecule has 0 atom stereocenters. The molecule has 0 aromatic heterocycles. The Kier molecular flexibility index (Phi) is 37.2. The quantitative estimate of drug-likeness (QED) is 0.0232. The minimum atomic E-state index is 0. The first-order valence-electron chi connectivity index (χ1n) is 24.3. The Balaban J connectivity index is 0.000000342.